The molecular formula is C25H29FN6. The van der Waals surface area contributed by atoms with Gasteiger partial charge in [-0.1, -0.05) is 12.1 Å². The summed E-state index contributed by atoms with van der Waals surface area (Å²) in [5, 5.41) is 9.25. The van der Waals surface area contributed by atoms with E-state index in [4.69, 9.17) is 9.97 Å². The van der Waals surface area contributed by atoms with Crippen molar-refractivity contribution in [1.82, 2.24) is 20.3 Å². The molecule has 0 unspecified atom stereocenters. The lowest BCUT2D eigenvalue weighted by Gasteiger charge is -2.30. The molecule has 1 aliphatic rings. The molecule has 1 fully saturated rings. The zero-order valence-corrected chi connectivity index (χ0v) is 18.5. The highest BCUT2D eigenvalue weighted by molar-refractivity contribution is 5.90. The topological polar surface area (TPSA) is 68.9 Å². The van der Waals surface area contributed by atoms with E-state index in [0.29, 0.717) is 18.0 Å². The van der Waals surface area contributed by atoms with Crippen LogP contribution < -0.4 is 15.5 Å². The zero-order chi connectivity index (χ0) is 22.1. The predicted octanol–water partition coefficient (Wildman–Crippen LogP) is 4.83. The summed E-state index contributed by atoms with van der Waals surface area (Å²) in [7, 11) is 4.02. The summed E-state index contributed by atoms with van der Waals surface area (Å²) < 4.78 is 13.6. The third-order valence-corrected chi connectivity index (χ3v) is 6.38. The van der Waals surface area contributed by atoms with Gasteiger partial charge in [0.05, 0.1) is 5.52 Å². The molecule has 4 aromatic rings. The van der Waals surface area contributed by atoms with Crippen LogP contribution in [0.4, 0.5) is 16.2 Å². The van der Waals surface area contributed by atoms with Gasteiger partial charge in [0.15, 0.2) is 0 Å². The number of nitrogens with zero attached hydrogens (tertiary/aromatic N) is 3. The van der Waals surface area contributed by atoms with Gasteiger partial charge in [-0.2, -0.15) is 4.98 Å². The van der Waals surface area contributed by atoms with Gasteiger partial charge >= 0.3 is 0 Å². The van der Waals surface area contributed by atoms with E-state index < -0.39 is 0 Å². The van der Waals surface area contributed by atoms with Crippen molar-refractivity contribution in [3.05, 3.63) is 60.0 Å². The standard InChI is InChI=1S/C25H29FN6/c1-32(2)24-20-5-3-4-6-23(20)30-25(31-24)29-19-10-8-18(9-11-19)27-14-16-15-28-22-12-7-17(26)13-21(16)22/h3-7,12-13,15,18-19,27-28H,8-11,14H2,1-2H3,(H,29,30,31)/t18-,19+. The second-order valence-corrected chi connectivity index (χ2v) is 8.86. The minimum Gasteiger partial charge on any atom is -0.362 e. The normalized spacial score (nSPS) is 18.8. The maximum Gasteiger partial charge on any atom is 0.225 e. The Hall–Kier alpha value is -3.19. The van der Waals surface area contributed by atoms with Crippen LogP contribution in [0.2, 0.25) is 0 Å². The molecule has 1 aliphatic carbocycles. The lowest BCUT2D eigenvalue weighted by molar-refractivity contribution is 0.352. The van der Waals surface area contributed by atoms with E-state index in [1.54, 1.807) is 12.1 Å². The smallest absolute Gasteiger partial charge is 0.225 e. The number of nitrogens with one attached hydrogen (secondary N) is 3. The fourth-order valence-electron chi connectivity index (χ4n) is 4.64. The molecule has 6 nitrogen and oxygen atoms in total. The first-order chi connectivity index (χ1) is 15.6. The van der Waals surface area contributed by atoms with Crippen molar-refractivity contribution >= 4 is 33.6 Å². The average molecular weight is 433 g/mol. The predicted molar refractivity (Wildman–Crippen MR) is 129 cm³/mol. The highest BCUT2D eigenvalue weighted by atomic mass is 19.1. The Morgan fingerprint density at radius 2 is 1.78 bits per heavy atom. The van der Waals surface area contributed by atoms with Gasteiger partial charge in [0.25, 0.3) is 0 Å². The first-order valence-corrected chi connectivity index (χ1v) is 11.3. The van der Waals surface area contributed by atoms with Gasteiger partial charge in [-0.25, -0.2) is 9.37 Å². The highest BCUT2D eigenvalue weighted by Gasteiger charge is 2.22. The van der Waals surface area contributed by atoms with Crippen molar-refractivity contribution in [3.8, 4) is 0 Å². The van der Waals surface area contributed by atoms with Crippen molar-refractivity contribution in [2.24, 2.45) is 0 Å². The van der Waals surface area contributed by atoms with E-state index in [1.165, 1.54) is 6.07 Å². The van der Waals surface area contributed by atoms with Crippen LogP contribution in [0.1, 0.15) is 31.2 Å². The molecule has 0 saturated heterocycles. The Bertz CT molecular complexity index is 1230. The third kappa shape index (κ3) is 4.25. The molecule has 0 atom stereocenters. The number of aromatic amines is 1. The number of para-hydroxylation sites is 1. The van der Waals surface area contributed by atoms with Crippen LogP contribution in [0.25, 0.3) is 21.8 Å². The molecule has 0 radical (unpaired) electrons. The SMILES string of the molecule is CN(C)c1nc(N[C@H]2CC[C@@H](NCc3c[nH]c4ccc(F)cc34)CC2)nc2ccccc12. The molecule has 2 aromatic heterocycles. The van der Waals surface area contributed by atoms with Crippen molar-refractivity contribution < 1.29 is 4.39 Å². The third-order valence-electron chi connectivity index (χ3n) is 6.38. The van der Waals surface area contributed by atoms with Gasteiger partial charge in [0.2, 0.25) is 5.95 Å². The van der Waals surface area contributed by atoms with Gasteiger partial charge in [-0.15, -0.1) is 0 Å². The number of hydrogen-bond acceptors (Lipinski definition) is 5. The van der Waals surface area contributed by atoms with Crippen LogP contribution in [0.15, 0.2) is 48.7 Å². The quantitative estimate of drug-likeness (QED) is 0.407. The Morgan fingerprint density at radius 3 is 2.59 bits per heavy atom. The van der Waals surface area contributed by atoms with Crippen LogP contribution in [0, 0.1) is 5.82 Å². The highest BCUT2D eigenvalue weighted by Crippen LogP contribution is 2.27. The summed E-state index contributed by atoms with van der Waals surface area (Å²) in [6.07, 6.45) is 6.27. The zero-order valence-electron chi connectivity index (χ0n) is 18.5. The molecule has 7 heteroatoms. The number of halogens is 1. The summed E-state index contributed by atoms with van der Waals surface area (Å²) in [4.78, 5) is 14.8. The summed E-state index contributed by atoms with van der Waals surface area (Å²) in [6, 6.07) is 13.8. The average Bonchev–Trinajstić information content (AvgIpc) is 3.20. The summed E-state index contributed by atoms with van der Waals surface area (Å²) >= 11 is 0. The second-order valence-electron chi connectivity index (χ2n) is 8.86. The second kappa shape index (κ2) is 8.74. The maximum absolute atomic E-state index is 13.6. The molecule has 3 N–H and O–H groups in total. The van der Waals surface area contributed by atoms with Crippen molar-refractivity contribution in [1.29, 1.82) is 0 Å². The van der Waals surface area contributed by atoms with Gasteiger partial charge in [-0.05, 0) is 61.6 Å². The number of aromatic nitrogens is 3. The van der Waals surface area contributed by atoms with Gasteiger partial charge in [-0.3, -0.25) is 0 Å². The fraction of sp³-hybridized carbons (Fsp3) is 0.360. The molecule has 166 valence electrons. The largest absolute Gasteiger partial charge is 0.362 e. The number of hydrogen-bond donors (Lipinski definition) is 3. The van der Waals surface area contributed by atoms with E-state index >= 15 is 0 Å². The molecule has 2 aromatic carbocycles. The molecule has 0 bridgehead atoms. The maximum atomic E-state index is 13.6. The Labute approximate surface area is 187 Å². The minimum absolute atomic E-state index is 0.196. The van der Waals surface area contributed by atoms with Crippen molar-refractivity contribution in [3.63, 3.8) is 0 Å². The van der Waals surface area contributed by atoms with E-state index in [1.807, 2.05) is 43.4 Å². The number of anilines is 2. The summed E-state index contributed by atoms with van der Waals surface area (Å²) in [5.74, 6) is 1.44. The van der Waals surface area contributed by atoms with Crippen molar-refractivity contribution in [2.45, 2.75) is 44.3 Å². The van der Waals surface area contributed by atoms with Crippen LogP contribution in [-0.4, -0.2) is 41.1 Å². The Morgan fingerprint density at radius 1 is 1.00 bits per heavy atom. The Kier molecular flexibility index (Phi) is 5.66. The van der Waals surface area contributed by atoms with Crippen LogP contribution in [-0.2, 0) is 6.54 Å². The van der Waals surface area contributed by atoms with Gasteiger partial charge in [0.1, 0.15) is 11.6 Å². The number of H-pyrrole nitrogens is 1. The molecule has 1 saturated carbocycles. The number of rotatable bonds is 6. The van der Waals surface area contributed by atoms with Crippen LogP contribution >= 0.6 is 0 Å². The molecule has 0 aliphatic heterocycles. The summed E-state index contributed by atoms with van der Waals surface area (Å²) in [6.45, 7) is 0.742. The lowest BCUT2D eigenvalue weighted by atomic mass is 9.91. The van der Waals surface area contributed by atoms with E-state index in [0.717, 1.165) is 65.4 Å². The number of fused-ring (bicyclic) bond motifs is 2. The minimum atomic E-state index is -0.196. The van der Waals surface area contributed by atoms with Crippen LogP contribution in [0.3, 0.4) is 0 Å². The molecule has 2 heterocycles. The van der Waals surface area contributed by atoms with Crippen molar-refractivity contribution in [2.75, 3.05) is 24.3 Å². The molecule has 0 spiro atoms. The Balaban J connectivity index is 1.19. The molecular weight excluding hydrogens is 403 g/mol. The molecule has 0 amide bonds. The first kappa shape index (κ1) is 20.7. The molecule has 5 rings (SSSR count). The molecule has 32 heavy (non-hydrogen) atoms. The van der Waals surface area contributed by atoms with E-state index in [2.05, 4.69) is 21.7 Å². The first-order valence-electron chi connectivity index (χ1n) is 11.3. The lowest BCUT2D eigenvalue weighted by Crippen LogP contribution is -2.36. The van der Waals surface area contributed by atoms with Crippen LogP contribution in [0.5, 0.6) is 0 Å². The number of benzene rings is 2. The van der Waals surface area contributed by atoms with E-state index in [9.17, 15) is 4.39 Å². The summed E-state index contributed by atoms with van der Waals surface area (Å²) in [5.41, 5.74) is 3.04. The van der Waals surface area contributed by atoms with Gasteiger partial charge < -0.3 is 20.5 Å². The monoisotopic (exact) mass is 432 g/mol. The fourth-order valence-corrected chi connectivity index (χ4v) is 4.64. The van der Waals surface area contributed by atoms with E-state index in [-0.39, 0.29) is 5.82 Å². The van der Waals surface area contributed by atoms with Gasteiger partial charge in [0, 0.05) is 55.2 Å².